The number of amides is 1. The topological polar surface area (TPSA) is 45.2 Å². The third-order valence-electron chi connectivity index (χ3n) is 2.48. The molecule has 0 aliphatic carbocycles. The Morgan fingerprint density at radius 2 is 2.17 bits per heavy atom. The van der Waals surface area contributed by atoms with Crippen LogP contribution in [0.5, 0.6) is 0 Å². The average Bonchev–Trinajstić information content (AvgIpc) is 2.30. The minimum Gasteiger partial charge on any atom is -0.349 e. The van der Waals surface area contributed by atoms with Crippen LogP contribution in [0.4, 0.5) is 8.78 Å². The highest BCUT2D eigenvalue weighted by Gasteiger charge is 2.17. The highest BCUT2D eigenvalue weighted by molar-refractivity contribution is 5.94. The molecule has 0 saturated heterocycles. The fourth-order valence-corrected chi connectivity index (χ4v) is 1.42. The minimum absolute atomic E-state index is 0.115. The van der Waals surface area contributed by atoms with Crippen molar-refractivity contribution in [2.45, 2.75) is 19.4 Å². The van der Waals surface area contributed by atoms with Crippen LogP contribution in [0, 0.1) is 11.8 Å². The predicted octanol–water partition coefficient (Wildman–Crippen LogP) is 1.43. The SMILES string of the molecule is CC(CCN(C)C)NC(=O)c1ccnc(F)c1F. The first-order chi connectivity index (χ1) is 8.41. The third kappa shape index (κ3) is 4.03. The van der Waals surface area contributed by atoms with Gasteiger partial charge in [-0.2, -0.15) is 4.39 Å². The Labute approximate surface area is 105 Å². The molecule has 100 valence electrons. The summed E-state index contributed by atoms with van der Waals surface area (Å²) in [5.74, 6) is -3.10. The lowest BCUT2D eigenvalue weighted by atomic mass is 10.2. The number of halogens is 2. The van der Waals surface area contributed by atoms with Crippen molar-refractivity contribution < 1.29 is 13.6 Å². The van der Waals surface area contributed by atoms with Gasteiger partial charge in [0.1, 0.15) is 0 Å². The first-order valence-electron chi connectivity index (χ1n) is 5.67. The highest BCUT2D eigenvalue weighted by atomic mass is 19.2. The van der Waals surface area contributed by atoms with Gasteiger partial charge in [-0.3, -0.25) is 4.79 Å². The molecule has 0 spiro atoms. The van der Waals surface area contributed by atoms with Gasteiger partial charge < -0.3 is 10.2 Å². The van der Waals surface area contributed by atoms with Crippen molar-refractivity contribution in [2.24, 2.45) is 0 Å². The number of hydrogen-bond donors (Lipinski definition) is 1. The molecule has 0 radical (unpaired) electrons. The van der Waals surface area contributed by atoms with E-state index < -0.39 is 17.7 Å². The molecule has 1 aromatic heterocycles. The molecule has 0 aliphatic rings. The largest absolute Gasteiger partial charge is 0.349 e. The van der Waals surface area contributed by atoms with Gasteiger partial charge in [0, 0.05) is 12.2 Å². The van der Waals surface area contributed by atoms with Gasteiger partial charge in [-0.15, -0.1) is 0 Å². The van der Waals surface area contributed by atoms with E-state index in [9.17, 15) is 13.6 Å². The van der Waals surface area contributed by atoms with E-state index in [0.29, 0.717) is 0 Å². The summed E-state index contributed by atoms with van der Waals surface area (Å²) in [5.41, 5.74) is -0.320. The molecule has 1 aromatic rings. The van der Waals surface area contributed by atoms with Crippen LogP contribution < -0.4 is 5.32 Å². The molecule has 0 saturated carbocycles. The number of nitrogens with one attached hydrogen (secondary N) is 1. The number of aromatic nitrogens is 1. The summed E-state index contributed by atoms with van der Waals surface area (Å²) < 4.78 is 26.2. The van der Waals surface area contributed by atoms with E-state index in [1.807, 2.05) is 25.9 Å². The summed E-state index contributed by atoms with van der Waals surface area (Å²) in [4.78, 5) is 16.8. The second kappa shape index (κ2) is 6.39. The summed E-state index contributed by atoms with van der Waals surface area (Å²) in [6.07, 6.45) is 1.80. The quantitative estimate of drug-likeness (QED) is 0.812. The lowest BCUT2D eigenvalue weighted by Crippen LogP contribution is -2.35. The second-order valence-corrected chi connectivity index (χ2v) is 4.43. The predicted molar refractivity (Wildman–Crippen MR) is 64.3 cm³/mol. The summed E-state index contributed by atoms with van der Waals surface area (Å²) in [6, 6.07) is 1.04. The van der Waals surface area contributed by atoms with Crippen LogP contribution in [0.3, 0.4) is 0 Å². The molecular weight excluding hydrogens is 240 g/mol. The van der Waals surface area contributed by atoms with Crippen LogP contribution in [-0.2, 0) is 0 Å². The molecule has 1 atom stereocenters. The Hall–Kier alpha value is -1.56. The molecule has 4 nitrogen and oxygen atoms in total. The maximum atomic E-state index is 13.3. The van der Waals surface area contributed by atoms with Gasteiger partial charge in [-0.25, -0.2) is 9.37 Å². The minimum atomic E-state index is -1.26. The van der Waals surface area contributed by atoms with E-state index in [1.165, 1.54) is 0 Å². The highest BCUT2D eigenvalue weighted by Crippen LogP contribution is 2.09. The number of carbonyl (C=O) groups is 1. The third-order valence-corrected chi connectivity index (χ3v) is 2.48. The summed E-state index contributed by atoms with van der Waals surface area (Å²) >= 11 is 0. The van der Waals surface area contributed by atoms with E-state index in [1.54, 1.807) is 0 Å². The molecule has 1 heterocycles. The van der Waals surface area contributed by atoms with Crippen LogP contribution >= 0.6 is 0 Å². The average molecular weight is 257 g/mol. The van der Waals surface area contributed by atoms with E-state index in [-0.39, 0.29) is 11.6 Å². The Bertz CT molecular complexity index is 424. The fraction of sp³-hybridized carbons (Fsp3) is 0.500. The standard InChI is InChI=1S/C12H17F2N3O/c1-8(5-7-17(2)3)16-12(18)9-4-6-15-11(14)10(9)13/h4,6,8H,5,7H2,1-3H3,(H,16,18). The molecule has 0 aliphatic heterocycles. The summed E-state index contributed by atoms with van der Waals surface area (Å²) in [7, 11) is 3.85. The fourth-order valence-electron chi connectivity index (χ4n) is 1.42. The normalized spacial score (nSPS) is 12.6. The van der Waals surface area contributed by atoms with Crippen molar-refractivity contribution >= 4 is 5.91 Å². The van der Waals surface area contributed by atoms with E-state index in [0.717, 1.165) is 25.2 Å². The molecule has 1 N–H and O–H groups in total. The molecule has 1 unspecified atom stereocenters. The molecule has 0 bridgehead atoms. The number of rotatable bonds is 5. The smallest absolute Gasteiger partial charge is 0.254 e. The molecular formula is C12H17F2N3O. The zero-order valence-electron chi connectivity index (χ0n) is 10.7. The molecule has 18 heavy (non-hydrogen) atoms. The summed E-state index contributed by atoms with van der Waals surface area (Å²) in [5, 5.41) is 2.62. The number of pyridine rings is 1. The monoisotopic (exact) mass is 257 g/mol. The first kappa shape index (κ1) is 14.5. The Balaban J connectivity index is 2.62. The van der Waals surface area contributed by atoms with Gasteiger partial charge in [-0.05, 0) is 40.1 Å². The second-order valence-electron chi connectivity index (χ2n) is 4.43. The Kier molecular flexibility index (Phi) is 5.15. The number of hydrogen-bond acceptors (Lipinski definition) is 3. The van der Waals surface area contributed by atoms with Crippen LogP contribution in [0.1, 0.15) is 23.7 Å². The Morgan fingerprint density at radius 3 is 2.78 bits per heavy atom. The zero-order valence-corrected chi connectivity index (χ0v) is 10.7. The van der Waals surface area contributed by atoms with Gasteiger partial charge in [-0.1, -0.05) is 0 Å². The lowest BCUT2D eigenvalue weighted by Gasteiger charge is -2.16. The number of nitrogens with zero attached hydrogens (tertiary/aromatic N) is 2. The van der Waals surface area contributed by atoms with E-state index >= 15 is 0 Å². The molecule has 1 rings (SSSR count). The maximum Gasteiger partial charge on any atom is 0.254 e. The summed E-state index contributed by atoms with van der Waals surface area (Å²) in [6.45, 7) is 2.62. The zero-order chi connectivity index (χ0) is 13.7. The molecule has 0 aromatic carbocycles. The lowest BCUT2D eigenvalue weighted by molar-refractivity contribution is 0.0931. The van der Waals surface area contributed by atoms with Gasteiger partial charge in [0.25, 0.3) is 5.91 Å². The molecule has 1 amide bonds. The molecule has 6 heteroatoms. The van der Waals surface area contributed by atoms with Crippen molar-refractivity contribution in [2.75, 3.05) is 20.6 Å². The van der Waals surface area contributed by atoms with E-state index in [4.69, 9.17) is 0 Å². The molecule has 0 fully saturated rings. The van der Waals surface area contributed by atoms with Crippen molar-refractivity contribution in [3.8, 4) is 0 Å². The van der Waals surface area contributed by atoms with Crippen LogP contribution in [0.25, 0.3) is 0 Å². The van der Waals surface area contributed by atoms with Crippen LogP contribution in [0.15, 0.2) is 12.3 Å². The van der Waals surface area contributed by atoms with Gasteiger partial charge in [0.05, 0.1) is 5.56 Å². The van der Waals surface area contributed by atoms with Crippen LogP contribution in [-0.4, -0.2) is 42.5 Å². The Morgan fingerprint density at radius 1 is 1.50 bits per heavy atom. The van der Waals surface area contributed by atoms with Gasteiger partial charge >= 0.3 is 0 Å². The maximum absolute atomic E-state index is 13.3. The van der Waals surface area contributed by atoms with Crippen molar-refractivity contribution in [3.05, 3.63) is 29.6 Å². The van der Waals surface area contributed by atoms with Gasteiger partial charge in [0.2, 0.25) is 5.95 Å². The first-order valence-corrected chi connectivity index (χ1v) is 5.67. The number of carbonyl (C=O) groups excluding carboxylic acids is 1. The van der Waals surface area contributed by atoms with Crippen molar-refractivity contribution in [3.63, 3.8) is 0 Å². The van der Waals surface area contributed by atoms with Crippen molar-refractivity contribution in [1.29, 1.82) is 0 Å². The van der Waals surface area contributed by atoms with E-state index in [2.05, 4.69) is 10.3 Å². The van der Waals surface area contributed by atoms with Crippen molar-refractivity contribution in [1.82, 2.24) is 15.2 Å². The van der Waals surface area contributed by atoms with Crippen LogP contribution in [0.2, 0.25) is 0 Å². The van der Waals surface area contributed by atoms with Gasteiger partial charge in [0.15, 0.2) is 5.82 Å².